The van der Waals surface area contributed by atoms with Gasteiger partial charge in [0.25, 0.3) is 0 Å². The van der Waals surface area contributed by atoms with E-state index in [4.69, 9.17) is 0 Å². The van der Waals surface area contributed by atoms with Crippen molar-refractivity contribution in [3.63, 3.8) is 0 Å². The van der Waals surface area contributed by atoms with Crippen molar-refractivity contribution in [1.82, 2.24) is 0 Å². The fourth-order valence-corrected chi connectivity index (χ4v) is 4.39. The third kappa shape index (κ3) is 3.46. The highest BCUT2D eigenvalue weighted by atomic mass is 14.6. The van der Waals surface area contributed by atoms with Crippen LogP contribution < -0.4 is 0 Å². The highest BCUT2D eigenvalue weighted by Gasteiger charge is 2.54. The van der Waals surface area contributed by atoms with Crippen LogP contribution in [0.25, 0.3) is 0 Å². The summed E-state index contributed by atoms with van der Waals surface area (Å²) in [5.74, 6) is 5.27. The predicted molar refractivity (Wildman–Crippen MR) is 94.2 cm³/mol. The molecule has 0 aliphatic heterocycles. The number of hydrogen-bond acceptors (Lipinski definition) is 0. The van der Waals surface area contributed by atoms with Gasteiger partial charge in [0.1, 0.15) is 0 Å². The predicted octanol–water partition coefficient (Wildman–Crippen LogP) is 6.63. The Bertz CT molecular complexity index is 423. The molecule has 0 spiro atoms. The SMILES string of the molecule is CCCC=C(C)C1CC1C(=C(C)C(C)C)C1C(C)C1CC. The molecule has 2 aliphatic carbocycles. The molecule has 5 unspecified atom stereocenters. The monoisotopic (exact) mass is 288 g/mol. The maximum absolute atomic E-state index is 2.50. The Labute approximate surface area is 133 Å². The molecule has 0 aromatic rings. The summed E-state index contributed by atoms with van der Waals surface area (Å²) >= 11 is 0. The second-order valence-electron chi connectivity index (χ2n) is 7.94. The zero-order valence-corrected chi connectivity index (χ0v) is 15.4. The first-order chi connectivity index (χ1) is 9.93. The Morgan fingerprint density at radius 3 is 2.29 bits per heavy atom. The lowest BCUT2D eigenvalue weighted by Crippen LogP contribution is -2.04. The summed E-state index contributed by atoms with van der Waals surface area (Å²) in [5.41, 5.74) is 5.24. The normalized spacial score (nSPS) is 36.8. The fraction of sp³-hybridized carbons (Fsp3) is 0.810. The molecular formula is C21H36. The topological polar surface area (TPSA) is 0 Å². The second-order valence-corrected chi connectivity index (χ2v) is 7.94. The van der Waals surface area contributed by atoms with E-state index < -0.39 is 0 Å². The molecule has 2 rings (SSSR count). The van der Waals surface area contributed by atoms with E-state index in [2.05, 4.69) is 54.5 Å². The van der Waals surface area contributed by atoms with Crippen LogP contribution >= 0.6 is 0 Å². The molecule has 0 heteroatoms. The van der Waals surface area contributed by atoms with Crippen LogP contribution in [0.5, 0.6) is 0 Å². The van der Waals surface area contributed by atoms with Crippen LogP contribution in [-0.4, -0.2) is 0 Å². The van der Waals surface area contributed by atoms with Crippen LogP contribution in [0.2, 0.25) is 0 Å². The van der Waals surface area contributed by atoms with Gasteiger partial charge < -0.3 is 0 Å². The summed E-state index contributed by atoms with van der Waals surface area (Å²) in [7, 11) is 0. The lowest BCUT2D eigenvalue weighted by Gasteiger charge is -2.16. The van der Waals surface area contributed by atoms with E-state index in [0.29, 0.717) is 5.92 Å². The molecule has 0 aromatic carbocycles. The highest BCUT2D eigenvalue weighted by molar-refractivity contribution is 5.34. The third-order valence-corrected chi connectivity index (χ3v) is 6.24. The minimum absolute atomic E-state index is 0.714. The molecule has 2 fully saturated rings. The first-order valence-corrected chi connectivity index (χ1v) is 9.31. The van der Waals surface area contributed by atoms with Gasteiger partial charge in [-0.25, -0.2) is 0 Å². The summed E-state index contributed by atoms with van der Waals surface area (Å²) in [6, 6.07) is 0. The van der Waals surface area contributed by atoms with Gasteiger partial charge in [-0.05, 0) is 62.2 Å². The zero-order valence-electron chi connectivity index (χ0n) is 15.4. The smallest absolute Gasteiger partial charge is 0.0126 e. The molecule has 0 bridgehead atoms. The summed E-state index contributed by atoms with van der Waals surface area (Å²) < 4.78 is 0. The molecule has 0 heterocycles. The molecule has 21 heavy (non-hydrogen) atoms. The van der Waals surface area contributed by atoms with Crippen molar-refractivity contribution in [3.05, 3.63) is 22.8 Å². The molecule has 0 amide bonds. The highest BCUT2D eigenvalue weighted by Crippen LogP contribution is 2.62. The molecule has 2 aliphatic rings. The first kappa shape index (κ1) is 16.8. The van der Waals surface area contributed by atoms with Crippen molar-refractivity contribution < 1.29 is 0 Å². The maximum Gasteiger partial charge on any atom is -0.0126 e. The fourth-order valence-electron chi connectivity index (χ4n) is 4.39. The van der Waals surface area contributed by atoms with Gasteiger partial charge in [0.05, 0.1) is 0 Å². The van der Waals surface area contributed by atoms with Gasteiger partial charge in [-0.1, -0.05) is 70.3 Å². The Morgan fingerprint density at radius 1 is 1.14 bits per heavy atom. The lowest BCUT2D eigenvalue weighted by molar-refractivity contribution is 0.654. The molecule has 0 nitrogen and oxygen atoms in total. The Morgan fingerprint density at radius 2 is 1.81 bits per heavy atom. The Hall–Kier alpha value is -0.520. The van der Waals surface area contributed by atoms with Gasteiger partial charge in [-0.3, -0.25) is 0 Å². The van der Waals surface area contributed by atoms with E-state index in [1.165, 1.54) is 25.7 Å². The van der Waals surface area contributed by atoms with Crippen LogP contribution in [0, 0.1) is 35.5 Å². The molecule has 0 aromatic heterocycles. The Balaban J connectivity index is 2.15. The zero-order chi connectivity index (χ0) is 15.7. The van der Waals surface area contributed by atoms with Crippen LogP contribution in [0.1, 0.15) is 74.1 Å². The van der Waals surface area contributed by atoms with Crippen molar-refractivity contribution >= 4 is 0 Å². The van der Waals surface area contributed by atoms with Crippen molar-refractivity contribution in [2.75, 3.05) is 0 Å². The minimum Gasteiger partial charge on any atom is -0.0853 e. The minimum atomic E-state index is 0.714. The van der Waals surface area contributed by atoms with Crippen molar-refractivity contribution in [1.29, 1.82) is 0 Å². The molecule has 0 N–H and O–H groups in total. The standard InChI is InChI=1S/C21H36/c1-8-10-11-14(5)18-12-19(18)20(15(6)13(3)4)21-16(7)17(21)9-2/h11,13,16-19,21H,8-10,12H2,1-7H3. The van der Waals surface area contributed by atoms with E-state index in [0.717, 1.165) is 29.6 Å². The average Bonchev–Trinajstić information content (AvgIpc) is 3.34. The molecular weight excluding hydrogens is 252 g/mol. The van der Waals surface area contributed by atoms with Crippen molar-refractivity contribution in [3.8, 4) is 0 Å². The summed E-state index contributed by atoms with van der Waals surface area (Å²) in [6.07, 6.45) is 7.82. The van der Waals surface area contributed by atoms with Crippen molar-refractivity contribution in [2.24, 2.45) is 35.5 Å². The van der Waals surface area contributed by atoms with E-state index in [1.807, 2.05) is 5.57 Å². The molecule has 0 radical (unpaired) electrons. The third-order valence-electron chi connectivity index (χ3n) is 6.24. The van der Waals surface area contributed by atoms with Crippen LogP contribution in [0.15, 0.2) is 22.8 Å². The van der Waals surface area contributed by atoms with Gasteiger partial charge in [0.15, 0.2) is 0 Å². The van der Waals surface area contributed by atoms with Gasteiger partial charge in [-0.15, -0.1) is 0 Å². The van der Waals surface area contributed by atoms with Crippen LogP contribution in [0.4, 0.5) is 0 Å². The molecule has 120 valence electrons. The number of allylic oxidation sites excluding steroid dienone is 4. The van der Waals surface area contributed by atoms with E-state index in [1.54, 1.807) is 11.1 Å². The quantitative estimate of drug-likeness (QED) is 0.461. The Kier molecular flexibility index (Phi) is 5.38. The first-order valence-electron chi connectivity index (χ1n) is 9.31. The van der Waals surface area contributed by atoms with Gasteiger partial charge in [0, 0.05) is 0 Å². The summed E-state index contributed by atoms with van der Waals surface area (Å²) in [4.78, 5) is 0. The number of hydrogen-bond donors (Lipinski definition) is 0. The van der Waals surface area contributed by atoms with E-state index >= 15 is 0 Å². The average molecular weight is 289 g/mol. The number of rotatable bonds is 7. The van der Waals surface area contributed by atoms with Crippen LogP contribution in [0.3, 0.4) is 0 Å². The van der Waals surface area contributed by atoms with Crippen molar-refractivity contribution in [2.45, 2.75) is 74.1 Å². The molecule has 0 saturated heterocycles. The largest absolute Gasteiger partial charge is 0.0853 e. The van der Waals surface area contributed by atoms with E-state index in [-0.39, 0.29) is 0 Å². The summed E-state index contributed by atoms with van der Waals surface area (Å²) in [6.45, 7) is 16.7. The molecule has 2 saturated carbocycles. The molecule has 5 atom stereocenters. The number of unbranched alkanes of at least 4 members (excludes halogenated alkanes) is 1. The lowest BCUT2D eigenvalue weighted by atomic mass is 9.89. The second kappa shape index (κ2) is 6.71. The van der Waals surface area contributed by atoms with Gasteiger partial charge in [-0.2, -0.15) is 0 Å². The van der Waals surface area contributed by atoms with Gasteiger partial charge in [0.2, 0.25) is 0 Å². The van der Waals surface area contributed by atoms with Crippen LogP contribution in [-0.2, 0) is 0 Å². The van der Waals surface area contributed by atoms with E-state index in [9.17, 15) is 0 Å². The van der Waals surface area contributed by atoms with Gasteiger partial charge >= 0.3 is 0 Å². The summed E-state index contributed by atoms with van der Waals surface area (Å²) in [5, 5.41) is 0. The maximum atomic E-state index is 2.50.